The summed E-state index contributed by atoms with van der Waals surface area (Å²) in [6.07, 6.45) is 0. The fourth-order valence-electron chi connectivity index (χ4n) is 1.69. The van der Waals surface area contributed by atoms with Crippen LogP contribution in [0.1, 0.15) is 5.69 Å². The molecule has 0 fully saturated rings. The van der Waals surface area contributed by atoms with Gasteiger partial charge in [0.15, 0.2) is 0 Å². The molecule has 0 aliphatic rings. The number of aromatic hydroxyl groups is 1. The van der Waals surface area contributed by atoms with Gasteiger partial charge in [-0.3, -0.25) is 4.68 Å². The van der Waals surface area contributed by atoms with E-state index in [1.54, 1.807) is 6.07 Å². The number of rotatable bonds is 2. The lowest BCUT2D eigenvalue weighted by atomic mass is 10.2. The first-order valence-corrected chi connectivity index (χ1v) is 4.59. The van der Waals surface area contributed by atoms with Crippen molar-refractivity contribution in [3.8, 4) is 5.75 Å². The van der Waals surface area contributed by atoms with Gasteiger partial charge >= 0.3 is 0 Å². The Labute approximate surface area is 81.9 Å². The lowest BCUT2D eigenvalue weighted by molar-refractivity contribution is 0.481. The molecule has 2 aromatic rings. The van der Waals surface area contributed by atoms with Gasteiger partial charge in [-0.1, -0.05) is 6.07 Å². The van der Waals surface area contributed by atoms with Crippen LogP contribution in [0.3, 0.4) is 0 Å². The van der Waals surface area contributed by atoms with Gasteiger partial charge in [-0.05, 0) is 19.1 Å². The molecule has 1 aromatic heterocycles. The summed E-state index contributed by atoms with van der Waals surface area (Å²) >= 11 is 0. The van der Waals surface area contributed by atoms with Crippen molar-refractivity contribution in [1.82, 2.24) is 9.78 Å². The zero-order valence-electron chi connectivity index (χ0n) is 8.07. The number of phenolic OH excluding ortho intramolecular Hbond substituents is 1. The Morgan fingerprint density at radius 1 is 1.50 bits per heavy atom. The van der Waals surface area contributed by atoms with Crippen molar-refractivity contribution in [3.63, 3.8) is 0 Å². The quantitative estimate of drug-likeness (QED) is 0.744. The van der Waals surface area contributed by atoms with E-state index in [1.165, 1.54) is 0 Å². The zero-order valence-corrected chi connectivity index (χ0v) is 8.07. The Hall–Kier alpha value is -1.55. The van der Waals surface area contributed by atoms with Crippen LogP contribution in [0, 0.1) is 6.92 Å². The van der Waals surface area contributed by atoms with Crippen LogP contribution in [-0.2, 0) is 6.54 Å². The van der Waals surface area contributed by atoms with Crippen LogP contribution < -0.4 is 5.73 Å². The molecule has 0 atom stereocenters. The van der Waals surface area contributed by atoms with Gasteiger partial charge in [0.05, 0.1) is 23.1 Å². The number of benzene rings is 1. The largest absolute Gasteiger partial charge is 0.507 e. The highest BCUT2D eigenvalue weighted by Crippen LogP contribution is 2.26. The second-order valence-electron chi connectivity index (χ2n) is 3.27. The van der Waals surface area contributed by atoms with E-state index in [0.717, 1.165) is 16.6 Å². The van der Waals surface area contributed by atoms with Gasteiger partial charge in [0, 0.05) is 6.54 Å². The number of nitrogens with two attached hydrogens (primary N) is 1. The molecule has 4 nitrogen and oxygen atoms in total. The molecule has 0 saturated heterocycles. The minimum absolute atomic E-state index is 0.281. The fraction of sp³-hybridized carbons (Fsp3) is 0.300. The maximum atomic E-state index is 9.65. The maximum absolute atomic E-state index is 9.65. The number of aromatic nitrogens is 2. The van der Waals surface area contributed by atoms with Crippen molar-refractivity contribution in [2.24, 2.45) is 5.73 Å². The third kappa shape index (κ3) is 1.24. The van der Waals surface area contributed by atoms with E-state index < -0.39 is 0 Å². The van der Waals surface area contributed by atoms with Crippen LogP contribution in [0.2, 0.25) is 0 Å². The second-order valence-corrected chi connectivity index (χ2v) is 3.27. The minimum Gasteiger partial charge on any atom is -0.507 e. The average molecular weight is 191 g/mol. The molecule has 3 N–H and O–H groups in total. The lowest BCUT2D eigenvalue weighted by Gasteiger charge is -2.00. The van der Waals surface area contributed by atoms with Gasteiger partial charge in [0.2, 0.25) is 0 Å². The van der Waals surface area contributed by atoms with Gasteiger partial charge in [-0.2, -0.15) is 5.10 Å². The monoisotopic (exact) mass is 191 g/mol. The fourth-order valence-corrected chi connectivity index (χ4v) is 1.69. The van der Waals surface area contributed by atoms with Crippen LogP contribution in [0.15, 0.2) is 18.2 Å². The number of aryl methyl sites for hydroxylation is 1. The number of fused-ring (bicyclic) bond motifs is 1. The standard InChI is InChI=1S/C10H13N3O/c1-7-10-8(3-2-4-9(10)14)13(12-7)6-5-11/h2-4,14H,5-6,11H2,1H3. The summed E-state index contributed by atoms with van der Waals surface area (Å²) in [6, 6.07) is 5.42. The molecule has 74 valence electrons. The van der Waals surface area contributed by atoms with Gasteiger partial charge < -0.3 is 10.8 Å². The summed E-state index contributed by atoms with van der Waals surface area (Å²) in [5.74, 6) is 0.281. The van der Waals surface area contributed by atoms with Crippen molar-refractivity contribution >= 4 is 10.9 Å². The Morgan fingerprint density at radius 3 is 3.00 bits per heavy atom. The molecule has 1 heterocycles. The highest BCUT2D eigenvalue weighted by molar-refractivity contribution is 5.87. The molecule has 0 spiro atoms. The van der Waals surface area contributed by atoms with E-state index in [2.05, 4.69) is 5.10 Å². The molecule has 0 amide bonds. The van der Waals surface area contributed by atoms with Crippen molar-refractivity contribution in [3.05, 3.63) is 23.9 Å². The van der Waals surface area contributed by atoms with Crippen LogP contribution in [-0.4, -0.2) is 21.4 Å². The molecule has 1 aromatic carbocycles. The lowest BCUT2D eigenvalue weighted by Crippen LogP contribution is -2.10. The molecule has 0 aliphatic heterocycles. The summed E-state index contributed by atoms with van der Waals surface area (Å²) in [7, 11) is 0. The molecular weight excluding hydrogens is 178 g/mol. The molecule has 14 heavy (non-hydrogen) atoms. The SMILES string of the molecule is Cc1nn(CCN)c2cccc(O)c12. The summed E-state index contributed by atoms with van der Waals surface area (Å²) in [6.45, 7) is 3.11. The zero-order chi connectivity index (χ0) is 10.1. The first-order valence-electron chi connectivity index (χ1n) is 4.59. The summed E-state index contributed by atoms with van der Waals surface area (Å²) in [5.41, 5.74) is 7.25. The topological polar surface area (TPSA) is 64.1 Å². The van der Waals surface area contributed by atoms with Crippen molar-refractivity contribution in [2.45, 2.75) is 13.5 Å². The Morgan fingerprint density at radius 2 is 2.29 bits per heavy atom. The number of hydrogen-bond acceptors (Lipinski definition) is 3. The summed E-state index contributed by atoms with van der Waals surface area (Å²) in [4.78, 5) is 0. The van der Waals surface area contributed by atoms with Gasteiger partial charge in [0.25, 0.3) is 0 Å². The van der Waals surface area contributed by atoms with Gasteiger partial charge in [0.1, 0.15) is 5.75 Å². The van der Waals surface area contributed by atoms with Crippen molar-refractivity contribution in [2.75, 3.05) is 6.54 Å². The van der Waals surface area contributed by atoms with E-state index in [0.29, 0.717) is 13.1 Å². The normalized spacial score (nSPS) is 11.0. The van der Waals surface area contributed by atoms with Crippen molar-refractivity contribution in [1.29, 1.82) is 0 Å². The van der Waals surface area contributed by atoms with E-state index in [1.807, 2.05) is 23.7 Å². The molecule has 0 bridgehead atoms. The highest BCUT2D eigenvalue weighted by Gasteiger charge is 2.09. The van der Waals surface area contributed by atoms with Gasteiger partial charge in [-0.25, -0.2) is 0 Å². The molecule has 0 aliphatic carbocycles. The molecule has 0 saturated carbocycles. The number of phenols is 1. The minimum atomic E-state index is 0.281. The number of hydrogen-bond donors (Lipinski definition) is 2. The molecule has 2 rings (SSSR count). The van der Waals surface area contributed by atoms with E-state index in [9.17, 15) is 5.11 Å². The van der Waals surface area contributed by atoms with E-state index in [4.69, 9.17) is 5.73 Å². The molecule has 0 radical (unpaired) electrons. The Bertz CT molecular complexity index is 462. The predicted octanol–water partition coefficient (Wildman–Crippen LogP) is 1.01. The predicted molar refractivity (Wildman–Crippen MR) is 55.2 cm³/mol. The highest BCUT2D eigenvalue weighted by atomic mass is 16.3. The summed E-state index contributed by atoms with van der Waals surface area (Å²) < 4.78 is 1.82. The molecular formula is C10H13N3O. The van der Waals surface area contributed by atoms with E-state index in [-0.39, 0.29) is 5.75 Å². The van der Waals surface area contributed by atoms with Crippen molar-refractivity contribution < 1.29 is 5.11 Å². The first-order chi connectivity index (χ1) is 6.74. The first kappa shape index (κ1) is 9.02. The van der Waals surface area contributed by atoms with E-state index >= 15 is 0 Å². The van der Waals surface area contributed by atoms with Crippen LogP contribution in [0.5, 0.6) is 5.75 Å². The Balaban J connectivity index is 2.71. The Kier molecular flexibility index (Phi) is 2.13. The molecule has 0 unspecified atom stereocenters. The summed E-state index contributed by atoms with van der Waals surface area (Å²) in [5, 5.41) is 14.8. The maximum Gasteiger partial charge on any atom is 0.126 e. The van der Waals surface area contributed by atoms with Crippen LogP contribution in [0.4, 0.5) is 0 Å². The third-order valence-corrected chi connectivity index (χ3v) is 2.27. The van der Waals surface area contributed by atoms with Crippen LogP contribution in [0.25, 0.3) is 10.9 Å². The molecule has 4 heteroatoms. The van der Waals surface area contributed by atoms with Crippen LogP contribution >= 0.6 is 0 Å². The average Bonchev–Trinajstić information content (AvgIpc) is 2.46. The third-order valence-electron chi connectivity index (χ3n) is 2.27. The number of nitrogens with zero attached hydrogens (tertiary/aromatic N) is 2. The smallest absolute Gasteiger partial charge is 0.126 e. The second kappa shape index (κ2) is 3.31. The van der Waals surface area contributed by atoms with Gasteiger partial charge in [-0.15, -0.1) is 0 Å².